The predicted molar refractivity (Wildman–Crippen MR) is 117 cm³/mol. The van der Waals surface area contributed by atoms with Gasteiger partial charge in [-0.3, -0.25) is 4.90 Å². The van der Waals surface area contributed by atoms with Gasteiger partial charge in [-0.15, -0.1) is 11.3 Å². The van der Waals surface area contributed by atoms with E-state index >= 15 is 0 Å². The molecule has 2 N–H and O–H groups in total. The van der Waals surface area contributed by atoms with E-state index in [-0.39, 0.29) is 0 Å². The molecule has 0 radical (unpaired) electrons. The number of nitrogens with zero attached hydrogens (tertiary/aromatic N) is 3. The summed E-state index contributed by atoms with van der Waals surface area (Å²) >= 11 is 3.64. The van der Waals surface area contributed by atoms with Crippen molar-refractivity contribution in [3.8, 4) is 21.8 Å². The van der Waals surface area contributed by atoms with Crippen LogP contribution in [0, 0.1) is 0 Å². The van der Waals surface area contributed by atoms with Gasteiger partial charge in [0, 0.05) is 64.4 Å². The van der Waals surface area contributed by atoms with Crippen LogP contribution in [0.5, 0.6) is 0 Å². The van der Waals surface area contributed by atoms with Crippen molar-refractivity contribution in [2.75, 3.05) is 12.3 Å². The van der Waals surface area contributed by atoms with E-state index < -0.39 is 0 Å². The quantitative estimate of drug-likeness (QED) is 0.482. The first-order valence-corrected chi connectivity index (χ1v) is 11.0. The number of benzene rings is 1. The molecule has 0 unspecified atom stereocenters. The van der Waals surface area contributed by atoms with Crippen LogP contribution in [-0.2, 0) is 19.5 Å². The summed E-state index contributed by atoms with van der Waals surface area (Å²) in [5.41, 5.74) is 11.3. The number of rotatable bonds is 4. The Kier molecular flexibility index (Phi) is 4.68. The Hall–Kier alpha value is -2.54. The molecule has 0 atom stereocenters. The van der Waals surface area contributed by atoms with Crippen molar-refractivity contribution in [3.63, 3.8) is 0 Å². The molecule has 0 amide bonds. The smallest absolute Gasteiger partial charge is 0.159 e. The normalized spacial score (nSPS) is 14.1. The summed E-state index contributed by atoms with van der Waals surface area (Å²) in [6, 6.07) is 14.4. The molecule has 0 saturated carbocycles. The molecule has 0 aliphatic carbocycles. The van der Waals surface area contributed by atoms with Crippen molar-refractivity contribution in [1.29, 1.82) is 0 Å². The van der Waals surface area contributed by atoms with E-state index in [0.717, 1.165) is 43.1 Å². The molecule has 4 heterocycles. The van der Waals surface area contributed by atoms with E-state index in [1.165, 1.54) is 26.6 Å². The standard InChI is InChI=1S/C22H20N4S2/c23-18-3-1-15(2-4-18)22-24-11-17-12-26(9-7-20(17)25-22)13-19-5-6-21(28-19)16-8-10-27-14-16/h1-6,8,10-11,14H,7,9,12-13,23H2. The fourth-order valence-corrected chi connectivity index (χ4v) is 5.30. The minimum Gasteiger partial charge on any atom is -0.399 e. The van der Waals surface area contributed by atoms with E-state index in [9.17, 15) is 0 Å². The molecule has 6 heteroatoms. The first-order valence-electron chi connectivity index (χ1n) is 9.29. The molecular weight excluding hydrogens is 384 g/mol. The topological polar surface area (TPSA) is 55.0 Å². The molecule has 3 aromatic heterocycles. The SMILES string of the molecule is Nc1ccc(-c2ncc3c(n2)CCN(Cc2ccc(-c4ccsc4)s2)C3)cc1. The summed E-state index contributed by atoms with van der Waals surface area (Å²) in [4.78, 5) is 14.7. The zero-order chi connectivity index (χ0) is 18.9. The van der Waals surface area contributed by atoms with Gasteiger partial charge in [0.05, 0.1) is 5.69 Å². The average molecular weight is 405 g/mol. The molecule has 0 saturated heterocycles. The minimum absolute atomic E-state index is 0.757. The van der Waals surface area contributed by atoms with Gasteiger partial charge in [-0.05, 0) is 53.2 Å². The Bertz CT molecular complexity index is 1080. The molecule has 4 aromatic rings. The second-order valence-corrected chi connectivity index (χ2v) is 8.97. The van der Waals surface area contributed by atoms with Crippen molar-refractivity contribution >= 4 is 28.4 Å². The predicted octanol–water partition coefficient (Wildman–Crippen LogP) is 5.07. The third-order valence-electron chi connectivity index (χ3n) is 5.03. The average Bonchev–Trinajstić information content (AvgIpc) is 3.40. The van der Waals surface area contributed by atoms with E-state index in [1.807, 2.05) is 41.8 Å². The van der Waals surface area contributed by atoms with Crippen LogP contribution in [0.1, 0.15) is 16.1 Å². The fraction of sp³-hybridized carbons (Fsp3) is 0.182. The zero-order valence-corrected chi connectivity index (χ0v) is 17.0. The van der Waals surface area contributed by atoms with Gasteiger partial charge in [0.1, 0.15) is 0 Å². The van der Waals surface area contributed by atoms with Gasteiger partial charge in [-0.2, -0.15) is 11.3 Å². The van der Waals surface area contributed by atoms with Crippen LogP contribution < -0.4 is 5.73 Å². The molecule has 0 spiro atoms. The van der Waals surface area contributed by atoms with Gasteiger partial charge < -0.3 is 5.73 Å². The summed E-state index contributed by atoms with van der Waals surface area (Å²) in [5, 5.41) is 4.34. The Morgan fingerprint density at radius 1 is 1.04 bits per heavy atom. The molecule has 0 bridgehead atoms. The summed E-state index contributed by atoms with van der Waals surface area (Å²) in [7, 11) is 0. The molecular formula is C22H20N4S2. The highest BCUT2D eigenvalue weighted by Crippen LogP contribution is 2.31. The monoisotopic (exact) mass is 404 g/mol. The van der Waals surface area contributed by atoms with Gasteiger partial charge >= 0.3 is 0 Å². The van der Waals surface area contributed by atoms with Crippen LogP contribution >= 0.6 is 22.7 Å². The molecule has 1 aliphatic heterocycles. The summed E-state index contributed by atoms with van der Waals surface area (Å²) in [6.07, 6.45) is 2.95. The van der Waals surface area contributed by atoms with Gasteiger partial charge in [-0.1, -0.05) is 0 Å². The number of hydrogen-bond acceptors (Lipinski definition) is 6. The third kappa shape index (κ3) is 3.58. The van der Waals surface area contributed by atoms with Crippen molar-refractivity contribution in [2.24, 2.45) is 0 Å². The van der Waals surface area contributed by atoms with Crippen LogP contribution in [0.4, 0.5) is 5.69 Å². The third-order valence-corrected chi connectivity index (χ3v) is 6.83. The second kappa shape index (κ2) is 7.47. The molecule has 1 aliphatic rings. The number of aromatic nitrogens is 2. The Morgan fingerprint density at radius 3 is 2.75 bits per heavy atom. The molecule has 5 rings (SSSR count). The summed E-state index contributed by atoms with van der Waals surface area (Å²) in [6.45, 7) is 2.91. The summed E-state index contributed by atoms with van der Waals surface area (Å²) < 4.78 is 0. The zero-order valence-electron chi connectivity index (χ0n) is 15.3. The Labute approximate surface area is 172 Å². The largest absolute Gasteiger partial charge is 0.399 e. The molecule has 4 nitrogen and oxygen atoms in total. The minimum atomic E-state index is 0.757. The van der Waals surface area contributed by atoms with E-state index in [4.69, 9.17) is 10.7 Å². The van der Waals surface area contributed by atoms with Gasteiger partial charge in [0.25, 0.3) is 0 Å². The molecule has 1 aromatic carbocycles. The lowest BCUT2D eigenvalue weighted by Crippen LogP contribution is -2.30. The maximum absolute atomic E-state index is 5.78. The maximum atomic E-state index is 5.78. The molecule has 28 heavy (non-hydrogen) atoms. The first-order chi connectivity index (χ1) is 13.7. The summed E-state index contributed by atoms with van der Waals surface area (Å²) in [5.74, 6) is 0.783. The van der Waals surface area contributed by atoms with Crippen LogP contribution in [0.25, 0.3) is 21.8 Å². The highest BCUT2D eigenvalue weighted by molar-refractivity contribution is 7.16. The van der Waals surface area contributed by atoms with Crippen LogP contribution in [-0.4, -0.2) is 21.4 Å². The maximum Gasteiger partial charge on any atom is 0.159 e. The van der Waals surface area contributed by atoms with E-state index in [2.05, 4.69) is 38.8 Å². The van der Waals surface area contributed by atoms with Crippen LogP contribution in [0.2, 0.25) is 0 Å². The van der Waals surface area contributed by atoms with Gasteiger partial charge in [0.2, 0.25) is 0 Å². The molecule has 140 valence electrons. The highest BCUT2D eigenvalue weighted by atomic mass is 32.1. The van der Waals surface area contributed by atoms with Gasteiger partial charge in [-0.25, -0.2) is 9.97 Å². The van der Waals surface area contributed by atoms with E-state index in [1.54, 1.807) is 11.3 Å². The van der Waals surface area contributed by atoms with Crippen molar-refractivity contribution in [3.05, 3.63) is 75.6 Å². The lowest BCUT2D eigenvalue weighted by molar-refractivity contribution is 0.245. The van der Waals surface area contributed by atoms with Crippen molar-refractivity contribution < 1.29 is 0 Å². The number of fused-ring (bicyclic) bond motifs is 1. The number of nitrogens with two attached hydrogens (primary N) is 1. The lowest BCUT2D eigenvalue weighted by atomic mass is 10.1. The number of nitrogen functional groups attached to an aromatic ring is 1. The number of hydrogen-bond donors (Lipinski definition) is 1. The van der Waals surface area contributed by atoms with Crippen LogP contribution in [0.15, 0.2) is 59.4 Å². The van der Waals surface area contributed by atoms with Crippen molar-refractivity contribution in [2.45, 2.75) is 19.5 Å². The Balaban J connectivity index is 1.30. The van der Waals surface area contributed by atoms with Crippen molar-refractivity contribution in [1.82, 2.24) is 14.9 Å². The lowest BCUT2D eigenvalue weighted by Gasteiger charge is -2.27. The first kappa shape index (κ1) is 17.6. The second-order valence-electron chi connectivity index (χ2n) is 7.03. The molecule has 0 fully saturated rings. The van der Waals surface area contributed by atoms with E-state index in [0.29, 0.717) is 0 Å². The van der Waals surface area contributed by atoms with Gasteiger partial charge in [0.15, 0.2) is 5.82 Å². The number of anilines is 1. The fourth-order valence-electron chi connectivity index (χ4n) is 3.52. The Morgan fingerprint density at radius 2 is 1.93 bits per heavy atom. The van der Waals surface area contributed by atoms with Crippen LogP contribution in [0.3, 0.4) is 0 Å². The number of thiophene rings is 2. The highest BCUT2D eigenvalue weighted by Gasteiger charge is 2.19.